The van der Waals surface area contributed by atoms with E-state index >= 15 is 0 Å². The molecule has 3 aromatic carbocycles. The molecule has 210 valence electrons. The Labute approximate surface area is 268 Å². The fourth-order valence-electron chi connectivity index (χ4n) is 4.57. The lowest BCUT2D eigenvalue weighted by atomic mass is 9.95. The number of fused-ring (bicyclic) bond motifs is 1. The molecule has 1 aromatic heterocycles. The van der Waals surface area contributed by atoms with Gasteiger partial charge < -0.3 is 9.47 Å². The van der Waals surface area contributed by atoms with E-state index < -0.39 is 12.0 Å². The van der Waals surface area contributed by atoms with Crippen LogP contribution >= 0.6 is 61.5 Å². The first kappa shape index (κ1) is 29.8. The molecule has 4 aromatic rings. The Hall–Kier alpha value is -2.73. The summed E-state index contributed by atoms with van der Waals surface area (Å²) in [5.74, 6) is 0.182. The molecule has 6 nitrogen and oxygen atoms in total. The summed E-state index contributed by atoms with van der Waals surface area (Å²) in [6.07, 6.45) is 1.82. The third-order valence-corrected chi connectivity index (χ3v) is 9.02. The molecule has 1 aliphatic rings. The van der Waals surface area contributed by atoms with Crippen LogP contribution in [0.2, 0.25) is 5.02 Å². The number of carbonyl (C=O) groups is 1. The SMILES string of the molecule is CCOC(=O)C1=C(C)N=c2s/c(=C\c3cc(Br)cc(I)c3OCc3ccc(Cl)cc3)c(=O)n2[C@H]1c1ccc(C)cc1. The monoisotopic (exact) mass is 762 g/mol. The van der Waals surface area contributed by atoms with E-state index in [0.29, 0.717) is 38.0 Å². The number of allylic oxidation sites excluding steroid dienone is 1. The van der Waals surface area contributed by atoms with Crippen molar-refractivity contribution in [1.29, 1.82) is 0 Å². The number of aromatic nitrogens is 1. The summed E-state index contributed by atoms with van der Waals surface area (Å²) < 4.78 is 15.5. The van der Waals surface area contributed by atoms with Crippen LogP contribution in [0.4, 0.5) is 0 Å². The maximum absolute atomic E-state index is 14.0. The highest BCUT2D eigenvalue weighted by molar-refractivity contribution is 14.1. The molecule has 2 heterocycles. The Morgan fingerprint density at radius 2 is 1.85 bits per heavy atom. The van der Waals surface area contributed by atoms with Gasteiger partial charge in [0.05, 0.1) is 32.0 Å². The Morgan fingerprint density at radius 3 is 2.54 bits per heavy atom. The van der Waals surface area contributed by atoms with Crippen LogP contribution in [-0.2, 0) is 16.1 Å². The summed E-state index contributed by atoms with van der Waals surface area (Å²) in [6.45, 7) is 6.10. The zero-order valence-corrected chi connectivity index (χ0v) is 27.7. The first-order valence-electron chi connectivity index (χ1n) is 12.8. The lowest BCUT2D eigenvalue weighted by molar-refractivity contribution is -0.139. The predicted molar refractivity (Wildman–Crippen MR) is 174 cm³/mol. The summed E-state index contributed by atoms with van der Waals surface area (Å²) in [4.78, 5) is 32.3. The minimum atomic E-state index is -0.656. The molecule has 0 spiro atoms. The molecule has 0 saturated heterocycles. The van der Waals surface area contributed by atoms with E-state index in [0.717, 1.165) is 30.3 Å². The van der Waals surface area contributed by atoms with Crippen molar-refractivity contribution in [3.63, 3.8) is 0 Å². The quantitative estimate of drug-likeness (QED) is 0.155. The van der Waals surface area contributed by atoms with Gasteiger partial charge in [-0.1, -0.05) is 80.8 Å². The standard InChI is InChI=1S/C31H25BrClIN2O4S/c1-4-39-30(38)26-18(3)35-31-36(27(26)20-9-5-17(2)6-10-20)29(37)25(41-31)14-21-13-22(32)15-24(34)28(21)40-16-19-7-11-23(33)12-8-19/h5-15,27H,4,16H2,1-3H3/b25-14-/t27-/m0/s1. The van der Waals surface area contributed by atoms with Gasteiger partial charge in [0, 0.05) is 15.1 Å². The highest BCUT2D eigenvalue weighted by Crippen LogP contribution is 2.33. The number of nitrogens with zero attached hydrogens (tertiary/aromatic N) is 2. The van der Waals surface area contributed by atoms with E-state index in [9.17, 15) is 9.59 Å². The number of benzene rings is 3. The van der Waals surface area contributed by atoms with Crippen molar-refractivity contribution in [2.75, 3.05) is 6.61 Å². The maximum atomic E-state index is 14.0. The molecule has 0 amide bonds. The van der Waals surface area contributed by atoms with Crippen molar-refractivity contribution in [2.24, 2.45) is 4.99 Å². The first-order chi connectivity index (χ1) is 19.7. The number of hydrogen-bond acceptors (Lipinski definition) is 6. The van der Waals surface area contributed by atoms with Gasteiger partial charge >= 0.3 is 5.97 Å². The second kappa shape index (κ2) is 12.6. The van der Waals surface area contributed by atoms with Crippen LogP contribution in [0.15, 0.2) is 86.2 Å². The molecule has 0 fully saturated rings. The number of esters is 1. The van der Waals surface area contributed by atoms with Gasteiger partial charge in [-0.15, -0.1) is 0 Å². The molecule has 0 bridgehead atoms. The van der Waals surface area contributed by atoms with Crippen molar-refractivity contribution in [3.8, 4) is 5.75 Å². The van der Waals surface area contributed by atoms with E-state index in [2.05, 4.69) is 43.5 Å². The number of rotatable bonds is 7. The number of thiazole rings is 1. The molecule has 1 atom stereocenters. The van der Waals surface area contributed by atoms with Gasteiger partial charge in [-0.3, -0.25) is 9.36 Å². The average Bonchev–Trinajstić information content (AvgIpc) is 3.23. The largest absolute Gasteiger partial charge is 0.487 e. The van der Waals surface area contributed by atoms with E-state index in [4.69, 9.17) is 21.1 Å². The molecular weight excluding hydrogens is 739 g/mol. The minimum absolute atomic E-state index is 0.223. The van der Waals surface area contributed by atoms with Gasteiger partial charge in [0.15, 0.2) is 4.80 Å². The Kier molecular flexibility index (Phi) is 9.18. The van der Waals surface area contributed by atoms with Gasteiger partial charge in [-0.05, 0) is 84.8 Å². The highest BCUT2D eigenvalue weighted by atomic mass is 127. The maximum Gasteiger partial charge on any atom is 0.338 e. The first-order valence-corrected chi connectivity index (χ1v) is 15.9. The van der Waals surface area contributed by atoms with Crippen molar-refractivity contribution in [2.45, 2.75) is 33.4 Å². The molecule has 0 N–H and O–H groups in total. The molecule has 5 rings (SSSR count). The van der Waals surface area contributed by atoms with Crippen LogP contribution in [0.5, 0.6) is 5.75 Å². The van der Waals surface area contributed by atoms with E-state index in [1.807, 2.05) is 73.7 Å². The number of halogens is 3. The van der Waals surface area contributed by atoms with Crippen LogP contribution in [0.1, 0.15) is 42.1 Å². The molecule has 0 saturated carbocycles. The van der Waals surface area contributed by atoms with E-state index in [1.165, 1.54) is 11.3 Å². The fraction of sp³-hybridized carbons (Fsp3) is 0.194. The summed E-state index contributed by atoms with van der Waals surface area (Å²) in [7, 11) is 0. The second-order valence-corrected chi connectivity index (χ2v) is 13.0. The minimum Gasteiger partial charge on any atom is -0.487 e. The fourth-order valence-corrected chi connectivity index (χ4v) is 7.44. The molecule has 0 radical (unpaired) electrons. The summed E-state index contributed by atoms with van der Waals surface area (Å²) >= 11 is 13.1. The normalized spacial score (nSPS) is 15.0. The predicted octanol–water partition coefficient (Wildman–Crippen LogP) is 6.71. The number of ether oxygens (including phenoxy) is 2. The summed E-state index contributed by atoms with van der Waals surface area (Å²) in [5.41, 5.74) is 4.26. The number of carbonyl (C=O) groups excluding carboxylic acids is 1. The van der Waals surface area contributed by atoms with Gasteiger partial charge in [0.2, 0.25) is 0 Å². The van der Waals surface area contributed by atoms with Crippen LogP contribution in [0.25, 0.3) is 6.08 Å². The molecule has 10 heteroatoms. The van der Waals surface area contributed by atoms with Crippen molar-refractivity contribution in [3.05, 3.63) is 127 Å². The van der Waals surface area contributed by atoms with Crippen molar-refractivity contribution >= 4 is 73.5 Å². The second-order valence-electron chi connectivity index (χ2n) is 9.43. The van der Waals surface area contributed by atoms with Crippen molar-refractivity contribution < 1.29 is 14.3 Å². The average molecular weight is 764 g/mol. The topological polar surface area (TPSA) is 69.9 Å². The van der Waals surface area contributed by atoms with Gasteiger partial charge in [-0.2, -0.15) is 0 Å². The molecule has 0 aliphatic carbocycles. The highest BCUT2D eigenvalue weighted by Gasteiger charge is 2.33. The Morgan fingerprint density at radius 1 is 1.15 bits per heavy atom. The van der Waals surface area contributed by atoms with Crippen molar-refractivity contribution in [1.82, 2.24) is 4.57 Å². The number of aryl methyl sites for hydroxylation is 1. The molecular formula is C31H25BrClIN2O4S. The third-order valence-electron chi connectivity index (χ3n) is 6.53. The van der Waals surface area contributed by atoms with Crippen LogP contribution < -0.4 is 19.6 Å². The van der Waals surface area contributed by atoms with Crippen LogP contribution in [0.3, 0.4) is 0 Å². The molecule has 0 unspecified atom stereocenters. The molecule has 1 aliphatic heterocycles. The summed E-state index contributed by atoms with van der Waals surface area (Å²) in [6, 6.07) is 18.5. The van der Waals surface area contributed by atoms with Crippen LogP contribution in [-0.4, -0.2) is 17.1 Å². The third kappa shape index (κ3) is 6.38. The van der Waals surface area contributed by atoms with E-state index in [1.54, 1.807) is 18.4 Å². The smallest absolute Gasteiger partial charge is 0.338 e. The van der Waals surface area contributed by atoms with E-state index in [-0.39, 0.29) is 12.2 Å². The zero-order chi connectivity index (χ0) is 29.3. The van der Waals surface area contributed by atoms with Gasteiger partial charge in [-0.25, -0.2) is 9.79 Å². The lowest BCUT2D eigenvalue weighted by Gasteiger charge is -2.24. The lowest BCUT2D eigenvalue weighted by Crippen LogP contribution is -2.39. The molecule has 41 heavy (non-hydrogen) atoms. The zero-order valence-electron chi connectivity index (χ0n) is 22.4. The van der Waals surface area contributed by atoms with Crippen LogP contribution in [0, 0.1) is 10.5 Å². The van der Waals surface area contributed by atoms with Gasteiger partial charge in [0.1, 0.15) is 12.4 Å². The Balaban J connectivity index is 1.64. The number of hydrogen-bond donors (Lipinski definition) is 0. The summed E-state index contributed by atoms with van der Waals surface area (Å²) in [5, 5.41) is 0.660. The Bertz CT molecular complexity index is 1850. The van der Waals surface area contributed by atoms with Gasteiger partial charge in [0.25, 0.3) is 5.56 Å².